The van der Waals surface area contributed by atoms with Crippen molar-refractivity contribution in [1.82, 2.24) is 5.32 Å². The van der Waals surface area contributed by atoms with E-state index in [1.54, 1.807) is 24.3 Å². The highest BCUT2D eigenvalue weighted by Gasteiger charge is 2.09. The Bertz CT molecular complexity index is 630. The molecule has 1 N–H and O–H groups in total. The van der Waals surface area contributed by atoms with E-state index in [4.69, 9.17) is 0 Å². The van der Waals surface area contributed by atoms with Gasteiger partial charge in [0.25, 0.3) is 5.91 Å². The zero-order valence-corrected chi connectivity index (χ0v) is 13.0. The molecule has 0 atom stereocenters. The van der Waals surface area contributed by atoms with Crippen LogP contribution in [-0.4, -0.2) is 18.2 Å². The largest absolute Gasteiger partial charge is 0.345 e. The van der Waals surface area contributed by atoms with Crippen molar-refractivity contribution in [1.29, 1.82) is 0 Å². The molecule has 2 rings (SSSR count). The number of nitrogens with one attached hydrogen (secondary N) is 1. The molecule has 2 aromatic carbocycles. The second-order valence-corrected chi connectivity index (χ2v) is 5.77. The number of hydrogen-bond acceptors (Lipinski definition) is 2. The van der Waals surface area contributed by atoms with Gasteiger partial charge in [0.1, 0.15) is 0 Å². The molecule has 0 saturated heterocycles. The van der Waals surface area contributed by atoms with Crippen molar-refractivity contribution in [3.63, 3.8) is 0 Å². The first-order valence-electron chi connectivity index (χ1n) is 7.51. The zero-order chi connectivity index (χ0) is 15.9. The van der Waals surface area contributed by atoms with Crippen LogP contribution in [0, 0.1) is 5.92 Å². The van der Waals surface area contributed by atoms with E-state index >= 15 is 0 Å². The van der Waals surface area contributed by atoms with E-state index in [2.05, 4.69) is 19.2 Å². The minimum atomic E-state index is -0.231. The first-order chi connectivity index (χ1) is 10.6. The van der Waals surface area contributed by atoms with Crippen LogP contribution in [-0.2, 0) is 6.42 Å². The molecule has 0 heterocycles. The maximum atomic E-state index is 12.1. The van der Waals surface area contributed by atoms with Crippen molar-refractivity contribution in [3.05, 3.63) is 71.3 Å². The molecule has 2 aromatic rings. The van der Waals surface area contributed by atoms with Gasteiger partial charge >= 0.3 is 0 Å². The van der Waals surface area contributed by atoms with E-state index in [0.717, 1.165) is 6.42 Å². The lowest BCUT2D eigenvalue weighted by atomic mass is 10.0. The van der Waals surface area contributed by atoms with Gasteiger partial charge in [-0.25, -0.2) is 0 Å². The lowest BCUT2D eigenvalue weighted by Crippen LogP contribution is -2.29. The van der Waals surface area contributed by atoms with Crippen LogP contribution in [0.25, 0.3) is 0 Å². The van der Waals surface area contributed by atoms with Gasteiger partial charge in [-0.2, -0.15) is 0 Å². The predicted molar refractivity (Wildman–Crippen MR) is 88.1 cm³/mol. The highest BCUT2D eigenvalue weighted by Crippen LogP contribution is 2.10. The fourth-order valence-corrected chi connectivity index (χ4v) is 2.25. The summed E-state index contributed by atoms with van der Waals surface area (Å²) in [6.07, 6.45) is 0.999. The molecular formula is C19H21NO2. The molecule has 0 aromatic heterocycles. The Morgan fingerprint density at radius 2 is 1.55 bits per heavy atom. The van der Waals surface area contributed by atoms with Gasteiger partial charge in [0.15, 0.2) is 5.78 Å². The number of Topliss-reactive ketones (excluding diaryl/α,β-unsaturated/α-hetero) is 1. The van der Waals surface area contributed by atoms with Crippen molar-refractivity contribution in [2.24, 2.45) is 5.92 Å². The Morgan fingerprint density at radius 1 is 0.909 bits per heavy atom. The maximum absolute atomic E-state index is 12.1. The quantitative estimate of drug-likeness (QED) is 0.829. The van der Waals surface area contributed by atoms with Gasteiger partial charge in [0, 0.05) is 11.1 Å². The number of benzene rings is 2. The first-order valence-corrected chi connectivity index (χ1v) is 7.51. The SMILES string of the molecule is CC(C)Cc1ccc(C(=O)CNC(=O)c2ccccc2)cc1. The van der Waals surface area contributed by atoms with Crippen molar-refractivity contribution < 1.29 is 9.59 Å². The number of ketones is 1. The summed E-state index contributed by atoms with van der Waals surface area (Å²) in [7, 11) is 0. The van der Waals surface area contributed by atoms with Crippen LogP contribution in [0.5, 0.6) is 0 Å². The average Bonchev–Trinajstić information content (AvgIpc) is 2.53. The summed E-state index contributed by atoms with van der Waals surface area (Å²) in [4.78, 5) is 24.0. The van der Waals surface area contributed by atoms with E-state index in [1.165, 1.54) is 5.56 Å². The Hall–Kier alpha value is -2.42. The summed E-state index contributed by atoms with van der Waals surface area (Å²) in [5.41, 5.74) is 2.41. The third-order valence-corrected chi connectivity index (χ3v) is 3.37. The maximum Gasteiger partial charge on any atom is 0.251 e. The lowest BCUT2D eigenvalue weighted by molar-refractivity contribution is 0.0904. The molecule has 3 heteroatoms. The van der Waals surface area contributed by atoms with E-state index in [0.29, 0.717) is 17.0 Å². The Morgan fingerprint density at radius 3 is 2.14 bits per heavy atom. The number of rotatable bonds is 6. The third-order valence-electron chi connectivity index (χ3n) is 3.37. The molecule has 0 unspecified atom stereocenters. The van der Waals surface area contributed by atoms with Crippen molar-refractivity contribution in [2.75, 3.05) is 6.54 Å². The monoisotopic (exact) mass is 295 g/mol. The zero-order valence-electron chi connectivity index (χ0n) is 13.0. The topological polar surface area (TPSA) is 46.2 Å². The van der Waals surface area contributed by atoms with Crippen LogP contribution in [0.3, 0.4) is 0 Å². The minimum absolute atomic E-state index is 0.0112. The highest BCUT2D eigenvalue weighted by atomic mass is 16.2. The number of carbonyl (C=O) groups excluding carboxylic acids is 2. The number of amides is 1. The molecular weight excluding hydrogens is 274 g/mol. The molecule has 0 spiro atoms. The lowest BCUT2D eigenvalue weighted by Gasteiger charge is -2.07. The van der Waals surface area contributed by atoms with Crippen molar-refractivity contribution >= 4 is 11.7 Å². The smallest absolute Gasteiger partial charge is 0.251 e. The molecule has 0 aliphatic heterocycles. The van der Waals surface area contributed by atoms with Gasteiger partial charge in [-0.1, -0.05) is 56.3 Å². The summed E-state index contributed by atoms with van der Waals surface area (Å²) < 4.78 is 0. The molecule has 22 heavy (non-hydrogen) atoms. The molecule has 0 aliphatic carbocycles. The van der Waals surface area contributed by atoms with Crippen LogP contribution in [0.15, 0.2) is 54.6 Å². The fraction of sp³-hybridized carbons (Fsp3) is 0.263. The molecule has 0 saturated carbocycles. The molecule has 0 aliphatic rings. The van der Waals surface area contributed by atoms with Crippen LogP contribution < -0.4 is 5.32 Å². The predicted octanol–water partition coefficient (Wildman–Crippen LogP) is 3.50. The van der Waals surface area contributed by atoms with Crippen LogP contribution in [0.4, 0.5) is 0 Å². The Balaban J connectivity index is 1.91. The minimum Gasteiger partial charge on any atom is -0.345 e. The van der Waals surface area contributed by atoms with E-state index in [9.17, 15) is 9.59 Å². The summed E-state index contributed by atoms with van der Waals surface area (Å²) in [6.45, 7) is 4.34. The van der Waals surface area contributed by atoms with Gasteiger partial charge in [0.2, 0.25) is 0 Å². The van der Waals surface area contributed by atoms with E-state index in [1.807, 2.05) is 30.3 Å². The first kappa shape index (κ1) is 16.0. The number of hydrogen-bond donors (Lipinski definition) is 1. The molecule has 0 fully saturated rings. The van der Waals surface area contributed by atoms with Crippen LogP contribution >= 0.6 is 0 Å². The van der Waals surface area contributed by atoms with Crippen LogP contribution in [0.2, 0.25) is 0 Å². The normalized spacial score (nSPS) is 10.5. The molecule has 0 radical (unpaired) electrons. The van der Waals surface area contributed by atoms with Gasteiger partial charge < -0.3 is 5.32 Å². The summed E-state index contributed by atoms with van der Waals surface area (Å²) in [5.74, 6) is 0.275. The van der Waals surface area contributed by atoms with E-state index in [-0.39, 0.29) is 18.2 Å². The molecule has 114 valence electrons. The van der Waals surface area contributed by atoms with Gasteiger partial charge in [0.05, 0.1) is 6.54 Å². The highest BCUT2D eigenvalue weighted by molar-refractivity contribution is 6.02. The van der Waals surface area contributed by atoms with Crippen molar-refractivity contribution in [3.8, 4) is 0 Å². The van der Waals surface area contributed by atoms with Gasteiger partial charge in [-0.05, 0) is 30.0 Å². The molecule has 1 amide bonds. The Labute approximate surface area is 131 Å². The fourth-order valence-electron chi connectivity index (χ4n) is 2.25. The molecule has 3 nitrogen and oxygen atoms in total. The average molecular weight is 295 g/mol. The second kappa shape index (κ2) is 7.55. The number of carbonyl (C=O) groups is 2. The van der Waals surface area contributed by atoms with Crippen LogP contribution in [0.1, 0.15) is 40.1 Å². The van der Waals surface area contributed by atoms with Gasteiger partial charge in [-0.15, -0.1) is 0 Å². The standard InChI is InChI=1S/C19H21NO2/c1-14(2)12-15-8-10-16(11-9-15)18(21)13-20-19(22)17-6-4-3-5-7-17/h3-11,14H,12-13H2,1-2H3,(H,20,22). The summed E-state index contributed by atoms with van der Waals surface area (Å²) in [6, 6.07) is 16.5. The third kappa shape index (κ3) is 4.55. The Kier molecular flexibility index (Phi) is 5.48. The summed E-state index contributed by atoms with van der Waals surface area (Å²) >= 11 is 0. The van der Waals surface area contributed by atoms with E-state index < -0.39 is 0 Å². The second-order valence-electron chi connectivity index (χ2n) is 5.77. The van der Waals surface area contributed by atoms with Crippen molar-refractivity contribution in [2.45, 2.75) is 20.3 Å². The van der Waals surface area contributed by atoms with Gasteiger partial charge in [-0.3, -0.25) is 9.59 Å². The molecule has 0 bridgehead atoms. The summed E-state index contributed by atoms with van der Waals surface area (Å²) in [5, 5.41) is 2.66.